The minimum Gasteiger partial charge on any atom is -0.481 e. The van der Waals surface area contributed by atoms with Crippen LogP contribution in [-0.2, 0) is 106 Å². The van der Waals surface area contributed by atoms with E-state index in [1.165, 1.54) is 25.0 Å². The van der Waals surface area contributed by atoms with Gasteiger partial charge in [-0.25, -0.2) is 14.8 Å². The van der Waals surface area contributed by atoms with Crippen LogP contribution in [0.1, 0.15) is 165 Å². The molecule has 1 aromatic carbocycles. The van der Waals surface area contributed by atoms with E-state index in [1.54, 1.807) is 99.6 Å². The van der Waals surface area contributed by atoms with Crippen molar-refractivity contribution in [2.24, 2.45) is 47.0 Å². The molecule has 0 saturated heterocycles. The first-order valence-electron chi connectivity index (χ1n) is 40.7. The SMILES string of the molecule is CC[C@H](C)[C@H](NC(=O)[C@@H](NC(=O)[C@@H](NC(=O)[C@H](CC(C)C)NC(=O)[C@@H](N)CCCNC(=N)N)C(C)C)C(C)C)C(=O)N[C@@H](Cc1c[nH]cn1)C(=O)N[C@@H](CC(=O)O)C(=O)N[C@@H](Cc1c[nH]cn1)C(=O)N[C@@H](Cc1ccccc1)C(=O)N[C@@H](CC(C)C)C(=O)N[C@@H](CC(=O)O)C(=O)NCC(=O)N[C@@H](CC(C)C)C(=O)N[C@H](C(=O)N[C@@H](CC(=O)O)C(=O)O)[C@@H](C)O. The van der Waals surface area contributed by atoms with Crippen molar-refractivity contribution < 1.29 is 112 Å². The van der Waals surface area contributed by atoms with Crippen LogP contribution in [-0.4, -0.2) is 262 Å². The number of aromatic nitrogens is 4. The normalized spacial score (nSPS) is 15.2. The smallest absolute Gasteiger partial charge is 0.326 e. The third kappa shape index (κ3) is 38.1. The van der Waals surface area contributed by atoms with Crippen LogP contribution in [0, 0.1) is 40.9 Å². The van der Waals surface area contributed by atoms with Crippen molar-refractivity contribution in [1.82, 2.24) is 99.7 Å². The fourth-order valence-corrected chi connectivity index (χ4v) is 12.5. The van der Waals surface area contributed by atoms with E-state index in [0.29, 0.717) is 12.0 Å². The molecule has 45 nitrogen and oxygen atoms in total. The Morgan fingerprint density at radius 2 is 0.758 bits per heavy atom. The van der Waals surface area contributed by atoms with Gasteiger partial charge in [-0.3, -0.25) is 86.9 Å². The zero-order valence-corrected chi connectivity index (χ0v) is 71.9. The highest BCUT2D eigenvalue weighted by atomic mass is 16.4. The summed E-state index contributed by atoms with van der Waals surface area (Å²) in [6, 6.07) is -14.4. The molecule has 16 atom stereocenters. The number of aliphatic hydroxyl groups excluding tert-OH is 1. The zero-order valence-electron chi connectivity index (χ0n) is 71.9. The molecule has 2 aromatic heterocycles. The topological polar surface area (TPSA) is 722 Å². The fourth-order valence-electron chi connectivity index (χ4n) is 12.5. The third-order valence-corrected chi connectivity index (χ3v) is 19.3. The number of hydrogen-bond acceptors (Lipinski definition) is 23. The minimum atomic E-state index is -2.06. The van der Waals surface area contributed by atoms with Gasteiger partial charge < -0.3 is 127 Å². The van der Waals surface area contributed by atoms with Gasteiger partial charge in [-0.2, -0.15) is 0 Å². The van der Waals surface area contributed by atoms with Gasteiger partial charge in [0, 0.05) is 38.2 Å². The van der Waals surface area contributed by atoms with Crippen LogP contribution in [0.5, 0.6) is 0 Å². The van der Waals surface area contributed by atoms with Crippen LogP contribution in [0.4, 0.5) is 0 Å². The molecule has 688 valence electrons. The average molecular weight is 1750 g/mol. The first-order chi connectivity index (χ1) is 58.1. The number of nitrogens with zero attached hydrogens (tertiary/aromatic N) is 2. The largest absolute Gasteiger partial charge is 0.481 e. The Morgan fingerprint density at radius 3 is 1.17 bits per heavy atom. The van der Waals surface area contributed by atoms with Crippen molar-refractivity contribution in [1.29, 1.82) is 5.41 Å². The number of H-pyrrole nitrogens is 2. The molecule has 124 heavy (non-hydrogen) atoms. The summed E-state index contributed by atoms with van der Waals surface area (Å²) in [5.74, 6) is -24.3. The van der Waals surface area contributed by atoms with Crippen molar-refractivity contribution in [2.45, 2.75) is 258 Å². The number of aliphatic hydroxyl groups is 1. The van der Waals surface area contributed by atoms with Crippen LogP contribution >= 0.6 is 0 Å². The summed E-state index contributed by atoms with van der Waals surface area (Å²) < 4.78 is 0. The number of nitrogens with two attached hydrogens (primary N) is 2. The van der Waals surface area contributed by atoms with Gasteiger partial charge in [0.1, 0.15) is 78.5 Å². The van der Waals surface area contributed by atoms with E-state index < -0.39 is 260 Å². The molecule has 0 fully saturated rings. The molecule has 45 heteroatoms. The fraction of sp³-hybridized carbons (Fsp3) is 0.608. The molecule has 0 bridgehead atoms. The summed E-state index contributed by atoms with van der Waals surface area (Å²) in [7, 11) is 0. The standard InChI is InChI=1S/C79H124N22O23/c1-14-42(12)63(100-75(120)62(41(10)11)99-74(119)61(40(8)9)98-73(118)50(25-39(6)7)90-65(110)47(80)21-18-22-85-79(81)82)76(121)96-53(28-46-33-84-36-88-46)70(115)95-55(30-59(106)107)71(116)93-52(27-45-32-83-35-87-45)69(114)92-51(26-44-19-16-15-17-20-44)68(113)91-49(24-38(4)5)67(112)94-54(29-58(104)105)66(111)86-34-57(103)89-48(23-37(2)3)72(117)101-64(43(13)102)77(122)97-56(78(123)124)31-60(108)109/h15-17,19-20,32-33,35-43,47-56,61-64,102H,14,18,21-31,34,80H2,1-13H3,(H,83,87)(H,84,88)(H,86,111)(H,89,103)(H,90,110)(H,91,113)(H,92,114)(H,93,116)(H,94,112)(H,95,115)(H,96,121)(H,97,122)(H,98,118)(H,99,119)(H,100,120)(H,101,117)(H,104,105)(H,106,107)(H,108,109)(H,123,124)(H4,81,82,85)/t42-,43+,47-,48-,49-,50-,51-,52-,53-,54-,55-,56-,61-,62-,63-,64-/m0/s1. The second-order valence-corrected chi connectivity index (χ2v) is 32.2. The lowest BCUT2D eigenvalue weighted by molar-refractivity contribution is -0.148. The second-order valence-electron chi connectivity index (χ2n) is 32.2. The lowest BCUT2D eigenvalue weighted by Gasteiger charge is -2.31. The number of amides is 14. The number of carbonyl (C=O) groups excluding carboxylic acids is 14. The average Bonchev–Trinajstić information content (AvgIpc) is 1.07. The third-order valence-electron chi connectivity index (χ3n) is 19.3. The number of carboxylic acids is 4. The maximum atomic E-state index is 14.9. The number of aromatic amines is 2. The number of carbonyl (C=O) groups is 18. The van der Waals surface area contributed by atoms with Gasteiger partial charge in [-0.1, -0.05) is 120 Å². The monoisotopic (exact) mass is 1750 g/mol. The molecule has 0 radical (unpaired) electrons. The van der Waals surface area contributed by atoms with E-state index >= 15 is 0 Å². The van der Waals surface area contributed by atoms with Crippen LogP contribution < -0.4 is 91.2 Å². The van der Waals surface area contributed by atoms with Gasteiger partial charge in [0.2, 0.25) is 82.7 Å². The van der Waals surface area contributed by atoms with Gasteiger partial charge in [0.15, 0.2) is 5.96 Å². The maximum Gasteiger partial charge on any atom is 0.326 e. The molecular formula is C79H124N22O23. The second kappa shape index (κ2) is 52.6. The van der Waals surface area contributed by atoms with Crippen LogP contribution in [0.2, 0.25) is 0 Å². The molecule has 0 aliphatic rings. The van der Waals surface area contributed by atoms with E-state index in [-0.39, 0.29) is 74.3 Å². The lowest BCUT2D eigenvalue weighted by Crippen LogP contribution is -2.63. The number of guanidine groups is 1. The first kappa shape index (κ1) is 105. The van der Waals surface area contributed by atoms with Crippen molar-refractivity contribution in [3.63, 3.8) is 0 Å². The van der Waals surface area contributed by atoms with Crippen molar-refractivity contribution in [3.8, 4) is 0 Å². The quantitative estimate of drug-likeness (QED) is 0.0144. The molecule has 0 aliphatic carbocycles. The number of imidazole rings is 2. The van der Waals surface area contributed by atoms with Crippen molar-refractivity contribution >= 4 is 113 Å². The van der Waals surface area contributed by atoms with Crippen LogP contribution in [0.25, 0.3) is 0 Å². The number of rotatable bonds is 56. The molecule has 0 unspecified atom stereocenters. The number of hydrogen-bond donors (Lipinski definition) is 25. The van der Waals surface area contributed by atoms with Gasteiger partial charge in [-0.05, 0) is 80.1 Å². The Kier molecular flexibility index (Phi) is 44.7. The van der Waals surface area contributed by atoms with E-state index in [9.17, 15) is 107 Å². The van der Waals surface area contributed by atoms with Crippen LogP contribution in [0.15, 0.2) is 55.4 Å². The van der Waals surface area contributed by atoms with Crippen molar-refractivity contribution in [3.05, 3.63) is 72.3 Å². The Bertz CT molecular complexity index is 4110. The molecular weight excluding hydrogens is 1620 g/mol. The van der Waals surface area contributed by atoms with Gasteiger partial charge in [0.05, 0.1) is 62.0 Å². The number of aliphatic carboxylic acids is 4. The highest BCUT2D eigenvalue weighted by Crippen LogP contribution is 2.17. The van der Waals surface area contributed by atoms with E-state index in [4.69, 9.17) is 22.0 Å². The summed E-state index contributed by atoms with van der Waals surface area (Å²) in [6.07, 6.45) is -0.457. The number of nitrogens with one attached hydrogen (secondary N) is 18. The molecule has 14 amide bonds. The summed E-state index contributed by atoms with van der Waals surface area (Å²) in [5, 5.41) is 93.5. The molecule has 0 aliphatic heterocycles. The molecule has 0 saturated carbocycles. The predicted octanol–water partition coefficient (Wildman–Crippen LogP) is -4.44. The van der Waals surface area contributed by atoms with Crippen LogP contribution in [0.3, 0.4) is 0 Å². The van der Waals surface area contributed by atoms with E-state index in [1.807, 2.05) is 19.2 Å². The summed E-state index contributed by atoms with van der Waals surface area (Å²) >= 11 is 0. The van der Waals surface area contributed by atoms with E-state index in [2.05, 4.69) is 94.4 Å². The Morgan fingerprint density at radius 1 is 0.411 bits per heavy atom. The minimum absolute atomic E-state index is 0.124. The molecule has 0 spiro atoms. The lowest BCUT2D eigenvalue weighted by atomic mass is 9.95. The molecule has 3 rings (SSSR count). The Balaban J connectivity index is 1.96. The Labute approximate surface area is 716 Å². The predicted molar refractivity (Wildman–Crippen MR) is 444 cm³/mol. The van der Waals surface area contributed by atoms with Gasteiger partial charge in [0.25, 0.3) is 0 Å². The number of carboxylic acid groups (broad SMARTS) is 4. The Hall–Kier alpha value is -12.7. The summed E-state index contributed by atoms with van der Waals surface area (Å²) in [4.78, 5) is 260. The van der Waals surface area contributed by atoms with E-state index in [0.717, 1.165) is 6.92 Å². The highest BCUT2D eigenvalue weighted by Gasteiger charge is 2.41. The molecule has 27 N–H and O–H groups in total. The number of benzene rings is 1. The summed E-state index contributed by atoms with van der Waals surface area (Å²) in [6.45, 7) is 20.4. The maximum absolute atomic E-state index is 14.9. The highest BCUT2D eigenvalue weighted by molar-refractivity contribution is 6.01. The van der Waals surface area contributed by atoms with Gasteiger partial charge in [-0.15, -0.1) is 0 Å². The first-order valence-corrected chi connectivity index (χ1v) is 40.7. The zero-order chi connectivity index (χ0) is 93.5. The van der Waals surface area contributed by atoms with Crippen molar-refractivity contribution in [2.75, 3.05) is 13.1 Å². The molecule has 3 aromatic rings. The van der Waals surface area contributed by atoms with Gasteiger partial charge >= 0.3 is 23.9 Å². The molecule has 2 heterocycles. The summed E-state index contributed by atoms with van der Waals surface area (Å²) in [5.41, 5.74) is 12.2.